The maximum Gasteiger partial charge on any atom is 0.341 e. The summed E-state index contributed by atoms with van der Waals surface area (Å²) in [6.07, 6.45) is 6.54. The summed E-state index contributed by atoms with van der Waals surface area (Å²) in [6.45, 7) is 5.42. The Balaban J connectivity index is 2.18. The minimum atomic E-state index is -0.605. The SMILES string of the molecule is CCOC(=O)c1cc2c(=O)n3ccccc3nc2n(C2CCCCC2)c1=NC(=O)C(C)C. The van der Waals surface area contributed by atoms with Gasteiger partial charge in [-0.15, -0.1) is 0 Å². The highest BCUT2D eigenvalue weighted by atomic mass is 16.5. The fourth-order valence-corrected chi connectivity index (χ4v) is 4.23. The number of nitrogens with zero attached hydrogens (tertiary/aromatic N) is 4. The second-order valence-electron chi connectivity index (χ2n) is 8.45. The molecular weight excluding hydrogens is 408 g/mol. The lowest BCUT2D eigenvalue weighted by Crippen LogP contribution is -2.36. The lowest BCUT2D eigenvalue weighted by Gasteiger charge is -2.27. The van der Waals surface area contributed by atoms with E-state index in [-0.39, 0.29) is 41.1 Å². The largest absolute Gasteiger partial charge is 0.462 e. The molecule has 0 radical (unpaired) electrons. The monoisotopic (exact) mass is 436 g/mol. The molecule has 168 valence electrons. The zero-order valence-corrected chi connectivity index (χ0v) is 18.7. The fraction of sp³-hybridized carbons (Fsp3) is 0.458. The first-order valence-electron chi connectivity index (χ1n) is 11.2. The van der Waals surface area contributed by atoms with Gasteiger partial charge in [0, 0.05) is 18.2 Å². The standard InChI is InChI=1S/C24H28N4O4/c1-4-32-24(31)18-14-17-20(25-19-12-8-9-13-27(19)23(17)30)28(16-10-6-5-7-11-16)21(18)26-22(29)15(2)3/h8-9,12-16H,4-7,10-11H2,1-3H3. The van der Waals surface area contributed by atoms with Crippen LogP contribution in [0, 0.1) is 5.92 Å². The van der Waals surface area contributed by atoms with Gasteiger partial charge in [0.1, 0.15) is 16.9 Å². The highest BCUT2D eigenvalue weighted by Gasteiger charge is 2.25. The second kappa shape index (κ2) is 9.06. The van der Waals surface area contributed by atoms with Gasteiger partial charge in [0.25, 0.3) is 5.56 Å². The minimum Gasteiger partial charge on any atom is -0.462 e. The summed E-state index contributed by atoms with van der Waals surface area (Å²) in [6, 6.07) is 6.81. The summed E-state index contributed by atoms with van der Waals surface area (Å²) in [4.78, 5) is 48.1. The Morgan fingerprint density at radius 1 is 1.22 bits per heavy atom. The van der Waals surface area contributed by atoms with Gasteiger partial charge in [-0.25, -0.2) is 9.78 Å². The van der Waals surface area contributed by atoms with E-state index >= 15 is 0 Å². The summed E-state index contributed by atoms with van der Waals surface area (Å²) in [5.41, 5.74) is 1.01. The smallest absolute Gasteiger partial charge is 0.341 e. The van der Waals surface area contributed by atoms with Crippen LogP contribution in [0.1, 0.15) is 69.3 Å². The number of hydrogen-bond donors (Lipinski definition) is 0. The van der Waals surface area contributed by atoms with Crippen molar-refractivity contribution < 1.29 is 14.3 Å². The van der Waals surface area contributed by atoms with Gasteiger partial charge in [-0.1, -0.05) is 39.2 Å². The number of rotatable bonds is 4. The van der Waals surface area contributed by atoms with Crippen molar-refractivity contribution in [2.75, 3.05) is 6.61 Å². The van der Waals surface area contributed by atoms with Crippen LogP contribution in [0.5, 0.6) is 0 Å². The third kappa shape index (κ3) is 3.97. The van der Waals surface area contributed by atoms with E-state index in [2.05, 4.69) is 4.99 Å². The summed E-state index contributed by atoms with van der Waals surface area (Å²) in [5, 5.41) is 0.304. The Kier molecular flexibility index (Phi) is 6.21. The topological polar surface area (TPSA) is 95.0 Å². The van der Waals surface area contributed by atoms with E-state index in [1.54, 1.807) is 39.1 Å². The molecule has 8 heteroatoms. The van der Waals surface area contributed by atoms with Crippen molar-refractivity contribution >= 4 is 28.6 Å². The Labute approximate surface area is 185 Å². The molecule has 32 heavy (non-hydrogen) atoms. The highest BCUT2D eigenvalue weighted by molar-refractivity contribution is 5.94. The molecule has 0 N–H and O–H groups in total. The van der Waals surface area contributed by atoms with E-state index in [0.717, 1.165) is 32.1 Å². The zero-order valence-electron chi connectivity index (χ0n) is 18.7. The number of amides is 1. The number of esters is 1. The molecule has 1 amide bonds. The molecule has 4 rings (SSSR count). The normalized spacial score (nSPS) is 15.6. The molecule has 3 heterocycles. The van der Waals surface area contributed by atoms with Crippen molar-refractivity contribution in [1.29, 1.82) is 0 Å². The third-order valence-electron chi connectivity index (χ3n) is 5.88. The fourth-order valence-electron chi connectivity index (χ4n) is 4.23. The van der Waals surface area contributed by atoms with Crippen molar-refractivity contribution in [2.24, 2.45) is 10.9 Å². The van der Waals surface area contributed by atoms with Gasteiger partial charge in [0.15, 0.2) is 5.49 Å². The van der Waals surface area contributed by atoms with Crippen LogP contribution in [0.4, 0.5) is 0 Å². The lowest BCUT2D eigenvalue weighted by atomic mass is 9.94. The number of hydrogen-bond acceptors (Lipinski definition) is 5. The number of aromatic nitrogens is 3. The van der Waals surface area contributed by atoms with E-state index in [9.17, 15) is 14.4 Å². The maximum absolute atomic E-state index is 13.4. The van der Waals surface area contributed by atoms with Gasteiger partial charge >= 0.3 is 5.97 Å². The van der Waals surface area contributed by atoms with Gasteiger partial charge in [0.2, 0.25) is 5.91 Å². The maximum atomic E-state index is 13.4. The predicted octanol–water partition coefficient (Wildman–Crippen LogP) is 3.41. The summed E-state index contributed by atoms with van der Waals surface area (Å²) in [5.74, 6) is -1.28. The number of fused-ring (bicyclic) bond motifs is 2. The van der Waals surface area contributed by atoms with E-state index in [1.807, 2.05) is 10.6 Å². The van der Waals surface area contributed by atoms with E-state index in [1.165, 1.54) is 10.5 Å². The number of carbonyl (C=O) groups excluding carboxylic acids is 2. The third-order valence-corrected chi connectivity index (χ3v) is 5.88. The number of ether oxygens (including phenoxy) is 1. The van der Waals surface area contributed by atoms with Gasteiger partial charge < -0.3 is 9.30 Å². The molecule has 0 saturated heterocycles. The van der Waals surface area contributed by atoms with Crippen LogP contribution in [0.25, 0.3) is 16.7 Å². The van der Waals surface area contributed by atoms with Crippen LogP contribution < -0.4 is 11.0 Å². The lowest BCUT2D eigenvalue weighted by molar-refractivity contribution is -0.120. The zero-order chi connectivity index (χ0) is 22.8. The van der Waals surface area contributed by atoms with Crippen molar-refractivity contribution in [1.82, 2.24) is 14.0 Å². The Bertz CT molecular complexity index is 1310. The van der Waals surface area contributed by atoms with Crippen LogP contribution in [0.3, 0.4) is 0 Å². The molecule has 1 saturated carbocycles. The predicted molar refractivity (Wildman–Crippen MR) is 120 cm³/mol. The van der Waals surface area contributed by atoms with Crippen molar-refractivity contribution in [3.05, 3.63) is 51.9 Å². The number of carbonyl (C=O) groups is 2. The molecule has 8 nitrogen and oxygen atoms in total. The summed E-state index contributed by atoms with van der Waals surface area (Å²) in [7, 11) is 0. The Morgan fingerprint density at radius 2 is 1.97 bits per heavy atom. The molecule has 0 spiro atoms. The van der Waals surface area contributed by atoms with Crippen LogP contribution in [0.2, 0.25) is 0 Å². The van der Waals surface area contributed by atoms with Crippen LogP contribution >= 0.6 is 0 Å². The first-order chi connectivity index (χ1) is 15.4. The molecule has 1 fully saturated rings. The Morgan fingerprint density at radius 3 is 2.66 bits per heavy atom. The first-order valence-corrected chi connectivity index (χ1v) is 11.2. The van der Waals surface area contributed by atoms with Crippen LogP contribution in [-0.2, 0) is 9.53 Å². The highest BCUT2D eigenvalue weighted by Crippen LogP contribution is 2.29. The minimum absolute atomic E-state index is 0.0163. The van der Waals surface area contributed by atoms with Gasteiger partial charge in [0.05, 0.1) is 12.0 Å². The quantitative estimate of drug-likeness (QED) is 0.461. The van der Waals surface area contributed by atoms with E-state index in [0.29, 0.717) is 16.7 Å². The second-order valence-corrected chi connectivity index (χ2v) is 8.45. The summed E-state index contributed by atoms with van der Waals surface area (Å²) < 4.78 is 8.58. The van der Waals surface area contributed by atoms with Crippen molar-refractivity contribution in [2.45, 2.75) is 58.9 Å². The average molecular weight is 437 g/mol. The molecule has 1 aliphatic rings. The molecule has 3 aromatic heterocycles. The van der Waals surface area contributed by atoms with Gasteiger partial charge in [-0.2, -0.15) is 4.99 Å². The molecule has 1 aliphatic carbocycles. The molecule has 0 unspecified atom stereocenters. The summed E-state index contributed by atoms with van der Waals surface area (Å²) >= 11 is 0. The van der Waals surface area contributed by atoms with Crippen LogP contribution in [0.15, 0.2) is 40.2 Å². The first kappa shape index (κ1) is 21.9. The van der Waals surface area contributed by atoms with Gasteiger partial charge in [-0.3, -0.25) is 14.0 Å². The molecule has 0 bridgehead atoms. The van der Waals surface area contributed by atoms with Gasteiger partial charge in [-0.05, 0) is 38.0 Å². The molecule has 0 aliphatic heterocycles. The van der Waals surface area contributed by atoms with E-state index < -0.39 is 5.97 Å². The average Bonchev–Trinajstić information content (AvgIpc) is 2.79. The van der Waals surface area contributed by atoms with Crippen molar-refractivity contribution in [3.8, 4) is 0 Å². The molecule has 0 aromatic carbocycles. The van der Waals surface area contributed by atoms with Crippen molar-refractivity contribution in [3.63, 3.8) is 0 Å². The molecule has 3 aromatic rings. The number of pyridine rings is 2. The Hall–Kier alpha value is -3.29. The van der Waals surface area contributed by atoms with E-state index in [4.69, 9.17) is 9.72 Å². The molecule has 0 atom stereocenters. The van der Waals surface area contributed by atoms with Crippen LogP contribution in [-0.4, -0.2) is 32.4 Å². The molecular formula is C24H28N4O4.